The molecule has 116 valence electrons. The van der Waals surface area contributed by atoms with E-state index in [0.29, 0.717) is 24.3 Å². The van der Waals surface area contributed by atoms with Crippen LogP contribution in [0.15, 0.2) is 38.9 Å². The van der Waals surface area contributed by atoms with Gasteiger partial charge in [-0.05, 0) is 37.0 Å². The van der Waals surface area contributed by atoms with Gasteiger partial charge in [-0.15, -0.1) is 11.3 Å². The van der Waals surface area contributed by atoms with E-state index in [-0.39, 0.29) is 0 Å². The lowest BCUT2D eigenvalue weighted by Gasteiger charge is -2.23. The van der Waals surface area contributed by atoms with E-state index in [9.17, 15) is 0 Å². The maximum atomic E-state index is 5.29. The van der Waals surface area contributed by atoms with Crippen molar-refractivity contribution in [2.45, 2.75) is 12.6 Å². The predicted molar refractivity (Wildman–Crippen MR) is 90.1 cm³/mol. The highest BCUT2D eigenvalue weighted by atomic mass is 32.1. The van der Waals surface area contributed by atoms with Gasteiger partial charge in [-0.1, -0.05) is 11.2 Å². The minimum absolute atomic E-state index is 0.347. The van der Waals surface area contributed by atoms with Gasteiger partial charge >= 0.3 is 0 Å². The molecule has 0 spiro atoms. The highest BCUT2D eigenvalue weighted by Crippen LogP contribution is 2.22. The molecule has 0 radical (unpaired) electrons. The first kappa shape index (κ1) is 15.4. The topological polar surface area (TPSA) is 54.2 Å². The van der Waals surface area contributed by atoms with Gasteiger partial charge in [0.25, 0.3) is 0 Å². The van der Waals surface area contributed by atoms with Gasteiger partial charge in [-0.3, -0.25) is 0 Å². The van der Waals surface area contributed by atoms with Crippen molar-refractivity contribution in [3.63, 3.8) is 0 Å². The largest absolute Gasteiger partial charge is 0.338 e. The number of nitrogens with zero attached hydrogens (tertiary/aromatic N) is 3. The fourth-order valence-corrected chi connectivity index (χ4v) is 3.73. The van der Waals surface area contributed by atoms with E-state index < -0.39 is 0 Å². The molecule has 0 aliphatic carbocycles. The van der Waals surface area contributed by atoms with Crippen molar-refractivity contribution < 1.29 is 4.52 Å². The lowest BCUT2D eigenvalue weighted by atomic mass is 10.2. The van der Waals surface area contributed by atoms with Gasteiger partial charge < -0.3 is 14.7 Å². The number of hydrogen-bond acceptors (Lipinski definition) is 7. The zero-order valence-electron chi connectivity index (χ0n) is 12.5. The molecule has 22 heavy (non-hydrogen) atoms. The summed E-state index contributed by atoms with van der Waals surface area (Å²) in [5.74, 6) is 1.27. The SMILES string of the molecule is CN(C)C(CNCc1nc(-c2ccsc2)no1)c1cccs1. The summed E-state index contributed by atoms with van der Waals surface area (Å²) in [7, 11) is 4.18. The Balaban J connectivity index is 1.56. The molecular formula is C15H18N4OS2. The minimum Gasteiger partial charge on any atom is -0.338 e. The van der Waals surface area contributed by atoms with E-state index in [0.717, 1.165) is 12.1 Å². The van der Waals surface area contributed by atoms with E-state index >= 15 is 0 Å². The van der Waals surface area contributed by atoms with Crippen molar-refractivity contribution >= 4 is 22.7 Å². The molecule has 3 aromatic heterocycles. The first-order valence-electron chi connectivity index (χ1n) is 6.99. The summed E-state index contributed by atoms with van der Waals surface area (Å²) < 4.78 is 5.29. The molecule has 1 unspecified atom stereocenters. The highest BCUT2D eigenvalue weighted by molar-refractivity contribution is 7.10. The van der Waals surface area contributed by atoms with Crippen LogP contribution in [0.1, 0.15) is 16.8 Å². The van der Waals surface area contributed by atoms with E-state index in [2.05, 4.69) is 52.0 Å². The predicted octanol–water partition coefficient (Wildman–Crippen LogP) is 3.25. The summed E-state index contributed by atoms with van der Waals surface area (Å²) in [6, 6.07) is 6.59. The van der Waals surface area contributed by atoms with Crippen LogP contribution in [0.25, 0.3) is 11.4 Å². The third kappa shape index (κ3) is 3.61. The molecule has 0 aliphatic heterocycles. The summed E-state index contributed by atoms with van der Waals surface area (Å²) >= 11 is 3.40. The molecule has 3 rings (SSSR count). The Kier molecular flexibility index (Phi) is 4.99. The van der Waals surface area contributed by atoms with E-state index in [1.54, 1.807) is 22.7 Å². The van der Waals surface area contributed by atoms with Crippen molar-refractivity contribution in [3.8, 4) is 11.4 Å². The fraction of sp³-hybridized carbons (Fsp3) is 0.333. The number of likely N-dealkylation sites (N-methyl/N-ethyl adjacent to an activating group) is 1. The standard InChI is InChI=1S/C15H18N4OS2/c1-19(2)12(13-4-3-6-22-13)8-16-9-14-17-15(18-20-14)11-5-7-21-10-11/h3-7,10,12,16H,8-9H2,1-2H3. The summed E-state index contributed by atoms with van der Waals surface area (Å²) in [6.45, 7) is 1.41. The second-order valence-corrected chi connectivity index (χ2v) is 6.91. The van der Waals surface area contributed by atoms with Crippen molar-refractivity contribution in [2.24, 2.45) is 0 Å². The molecule has 0 aliphatic rings. The molecule has 5 nitrogen and oxygen atoms in total. The average Bonchev–Trinajstić information content (AvgIpc) is 3.23. The maximum Gasteiger partial charge on any atom is 0.240 e. The summed E-state index contributed by atoms with van der Waals surface area (Å²) in [5.41, 5.74) is 1.00. The molecule has 0 saturated carbocycles. The first-order valence-corrected chi connectivity index (χ1v) is 8.82. The van der Waals surface area contributed by atoms with E-state index in [1.807, 2.05) is 16.8 Å². The zero-order valence-corrected chi connectivity index (χ0v) is 14.2. The van der Waals surface area contributed by atoms with Crippen LogP contribution in [0.5, 0.6) is 0 Å². The van der Waals surface area contributed by atoms with Gasteiger partial charge in [-0.25, -0.2) is 0 Å². The molecular weight excluding hydrogens is 316 g/mol. The van der Waals surface area contributed by atoms with Crippen LogP contribution >= 0.6 is 22.7 Å². The molecule has 1 atom stereocenters. The Labute approximate surface area is 137 Å². The molecule has 0 aromatic carbocycles. The molecule has 1 N–H and O–H groups in total. The lowest BCUT2D eigenvalue weighted by Crippen LogP contribution is -2.30. The third-order valence-corrected chi connectivity index (χ3v) is 5.01. The van der Waals surface area contributed by atoms with E-state index in [1.165, 1.54) is 4.88 Å². The quantitative estimate of drug-likeness (QED) is 0.719. The van der Waals surface area contributed by atoms with Crippen LogP contribution in [0.3, 0.4) is 0 Å². The number of hydrogen-bond donors (Lipinski definition) is 1. The van der Waals surface area contributed by atoms with Crippen LogP contribution in [-0.2, 0) is 6.54 Å². The Hall–Kier alpha value is -1.54. The second-order valence-electron chi connectivity index (χ2n) is 5.15. The molecule has 3 aromatic rings. The summed E-state index contributed by atoms with van der Waals surface area (Å²) in [4.78, 5) is 7.97. The Morgan fingerprint density at radius 3 is 2.91 bits per heavy atom. The number of thiophene rings is 2. The summed E-state index contributed by atoms with van der Waals surface area (Å²) in [5, 5.41) is 13.5. The third-order valence-electron chi connectivity index (χ3n) is 3.36. The van der Waals surface area contributed by atoms with Gasteiger partial charge in [0.15, 0.2) is 0 Å². The molecule has 0 bridgehead atoms. The van der Waals surface area contributed by atoms with Gasteiger partial charge in [0.2, 0.25) is 11.7 Å². The Morgan fingerprint density at radius 2 is 2.23 bits per heavy atom. The maximum absolute atomic E-state index is 5.29. The number of nitrogens with one attached hydrogen (secondary N) is 1. The van der Waals surface area contributed by atoms with Crippen molar-refractivity contribution in [2.75, 3.05) is 20.6 Å². The zero-order chi connectivity index (χ0) is 15.4. The van der Waals surface area contributed by atoms with Crippen LogP contribution in [-0.4, -0.2) is 35.7 Å². The van der Waals surface area contributed by atoms with Crippen LogP contribution in [0.2, 0.25) is 0 Å². The van der Waals surface area contributed by atoms with Crippen LogP contribution in [0, 0.1) is 0 Å². The van der Waals surface area contributed by atoms with Crippen LogP contribution in [0.4, 0.5) is 0 Å². The van der Waals surface area contributed by atoms with Crippen molar-refractivity contribution in [1.29, 1.82) is 0 Å². The van der Waals surface area contributed by atoms with Crippen LogP contribution < -0.4 is 5.32 Å². The second kappa shape index (κ2) is 7.15. The molecule has 3 heterocycles. The highest BCUT2D eigenvalue weighted by Gasteiger charge is 2.15. The number of aromatic nitrogens is 2. The normalized spacial score (nSPS) is 12.9. The van der Waals surface area contributed by atoms with Gasteiger partial charge in [0.1, 0.15) is 0 Å². The van der Waals surface area contributed by atoms with Gasteiger partial charge in [-0.2, -0.15) is 16.3 Å². The van der Waals surface area contributed by atoms with Crippen molar-refractivity contribution in [3.05, 3.63) is 45.1 Å². The van der Waals surface area contributed by atoms with Gasteiger partial charge in [0.05, 0.1) is 12.6 Å². The van der Waals surface area contributed by atoms with E-state index in [4.69, 9.17) is 4.52 Å². The minimum atomic E-state index is 0.347. The lowest BCUT2D eigenvalue weighted by molar-refractivity contribution is 0.285. The molecule has 0 saturated heterocycles. The molecule has 0 fully saturated rings. The Bertz CT molecular complexity index is 676. The smallest absolute Gasteiger partial charge is 0.240 e. The first-order chi connectivity index (χ1) is 10.7. The number of rotatable bonds is 7. The van der Waals surface area contributed by atoms with Crippen molar-refractivity contribution in [1.82, 2.24) is 20.4 Å². The monoisotopic (exact) mass is 334 g/mol. The summed E-state index contributed by atoms with van der Waals surface area (Å²) in [6.07, 6.45) is 0. The molecule has 7 heteroatoms. The average molecular weight is 334 g/mol. The Morgan fingerprint density at radius 1 is 1.32 bits per heavy atom. The fourth-order valence-electron chi connectivity index (χ4n) is 2.17. The molecule has 0 amide bonds. The van der Waals surface area contributed by atoms with Gasteiger partial charge in [0, 0.05) is 22.4 Å².